The fraction of sp³-hybridized carbons (Fsp3) is 1.00. The highest BCUT2D eigenvalue weighted by atomic mass is 16.3. The van der Waals surface area contributed by atoms with E-state index in [0.717, 1.165) is 25.7 Å². The van der Waals surface area contributed by atoms with Crippen molar-refractivity contribution in [2.24, 2.45) is 5.73 Å². The second-order valence-corrected chi connectivity index (χ2v) is 9.76. The van der Waals surface area contributed by atoms with Crippen LogP contribution in [0, 0.1) is 0 Å². The summed E-state index contributed by atoms with van der Waals surface area (Å²) >= 11 is 0. The molecule has 3 N–H and O–H groups in total. The predicted octanol–water partition coefficient (Wildman–Crippen LogP) is 8.69. The smallest absolute Gasteiger partial charge is 0.0795 e. The Morgan fingerprint density at radius 2 is 0.759 bits per heavy atom. The number of aliphatic hydroxyl groups is 1. The second-order valence-electron chi connectivity index (χ2n) is 9.76. The minimum atomic E-state index is -0.639. The Bertz CT molecular complexity index is 292. The average molecular weight is 412 g/mol. The van der Waals surface area contributed by atoms with Crippen LogP contribution >= 0.6 is 0 Å². The average Bonchev–Trinajstić information content (AvgIpc) is 2.70. The van der Waals surface area contributed by atoms with Gasteiger partial charge in [-0.1, -0.05) is 142 Å². The summed E-state index contributed by atoms with van der Waals surface area (Å²) in [5.41, 5.74) is 5.52. The van der Waals surface area contributed by atoms with Crippen molar-refractivity contribution >= 4 is 0 Å². The van der Waals surface area contributed by atoms with Gasteiger partial charge >= 0.3 is 0 Å². The molecule has 0 heterocycles. The topological polar surface area (TPSA) is 46.2 Å². The Labute approximate surface area is 184 Å². The number of unbranched alkanes of at least 4 members (excludes halogenated alkanes) is 18. The maximum absolute atomic E-state index is 11.0. The summed E-state index contributed by atoms with van der Waals surface area (Å²) in [5.74, 6) is 0. The quantitative estimate of drug-likeness (QED) is 0.165. The standard InChI is InChI=1S/C27H57NO/c1-4-6-8-10-12-14-16-18-20-22-24-27(29,26(3)28)25-23-21-19-17-15-13-11-9-7-5-2/h26,29H,4-25,28H2,1-3H3. The molecule has 0 aliphatic carbocycles. The lowest BCUT2D eigenvalue weighted by molar-refractivity contribution is -0.00175. The van der Waals surface area contributed by atoms with E-state index in [1.807, 2.05) is 6.92 Å². The Morgan fingerprint density at radius 3 is 1.00 bits per heavy atom. The maximum atomic E-state index is 11.0. The van der Waals surface area contributed by atoms with Crippen LogP contribution in [-0.2, 0) is 0 Å². The summed E-state index contributed by atoms with van der Waals surface area (Å²) in [6.07, 6.45) is 28.6. The molecule has 0 rings (SSSR count). The van der Waals surface area contributed by atoms with Crippen molar-refractivity contribution in [3.05, 3.63) is 0 Å². The Kier molecular flexibility index (Phi) is 21.1. The lowest BCUT2D eigenvalue weighted by Crippen LogP contribution is -2.46. The molecule has 0 saturated heterocycles. The molecule has 0 aliphatic heterocycles. The summed E-state index contributed by atoms with van der Waals surface area (Å²) in [4.78, 5) is 0. The lowest BCUT2D eigenvalue weighted by atomic mass is 9.84. The predicted molar refractivity (Wildman–Crippen MR) is 132 cm³/mol. The Morgan fingerprint density at radius 1 is 0.517 bits per heavy atom. The second kappa shape index (κ2) is 21.2. The van der Waals surface area contributed by atoms with Crippen LogP contribution in [0.4, 0.5) is 0 Å². The fourth-order valence-corrected chi connectivity index (χ4v) is 4.42. The van der Waals surface area contributed by atoms with Crippen molar-refractivity contribution in [3.63, 3.8) is 0 Å². The van der Waals surface area contributed by atoms with Gasteiger partial charge in [0.15, 0.2) is 0 Å². The summed E-state index contributed by atoms with van der Waals surface area (Å²) in [6.45, 7) is 6.55. The van der Waals surface area contributed by atoms with Gasteiger partial charge in [-0.15, -0.1) is 0 Å². The zero-order valence-electron chi connectivity index (χ0n) is 20.7. The summed E-state index contributed by atoms with van der Waals surface area (Å²) in [5, 5.41) is 11.0. The highest BCUT2D eigenvalue weighted by molar-refractivity contribution is 4.86. The maximum Gasteiger partial charge on any atom is 0.0795 e. The van der Waals surface area contributed by atoms with Crippen molar-refractivity contribution in [2.75, 3.05) is 0 Å². The van der Waals surface area contributed by atoms with Gasteiger partial charge in [0.2, 0.25) is 0 Å². The van der Waals surface area contributed by atoms with Crippen molar-refractivity contribution in [3.8, 4) is 0 Å². The molecule has 0 radical (unpaired) electrons. The molecule has 0 aromatic rings. The van der Waals surface area contributed by atoms with Crippen molar-refractivity contribution in [1.29, 1.82) is 0 Å². The third-order valence-corrected chi connectivity index (χ3v) is 6.77. The molecule has 29 heavy (non-hydrogen) atoms. The van der Waals surface area contributed by atoms with Gasteiger partial charge in [-0.2, -0.15) is 0 Å². The number of hydrogen-bond donors (Lipinski definition) is 2. The van der Waals surface area contributed by atoms with Gasteiger partial charge in [0.05, 0.1) is 5.60 Å². The molecule has 2 heteroatoms. The van der Waals surface area contributed by atoms with E-state index in [2.05, 4.69) is 13.8 Å². The normalized spacial score (nSPS) is 13.1. The van der Waals surface area contributed by atoms with E-state index in [-0.39, 0.29) is 6.04 Å². The van der Waals surface area contributed by atoms with Crippen LogP contribution < -0.4 is 5.73 Å². The van der Waals surface area contributed by atoms with Crippen LogP contribution in [0.5, 0.6) is 0 Å². The molecule has 0 spiro atoms. The first-order valence-corrected chi connectivity index (χ1v) is 13.5. The zero-order valence-corrected chi connectivity index (χ0v) is 20.7. The summed E-state index contributed by atoms with van der Waals surface area (Å²) in [6, 6.07) is -0.111. The van der Waals surface area contributed by atoms with E-state index in [0.29, 0.717) is 0 Å². The van der Waals surface area contributed by atoms with Crippen LogP contribution in [0.15, 0.2) is 0 Å². The van der Waals surface area contributed by atoms with Crippen LogP contribution in [0.3, 0.4) is 0 Å². The molecule has 2 nitrogen and oxygen atoms in total. The Hall–Kier alpha value is -0.0800. The van der Waals surface area contributed by atoms with E-state index in [1.54, 1.807) is 0 Å². The van der Waals surface area contributed by atoms with E-state index in [9.17, 15) is 5.11 Å². The van der Waals surface area contributed by atoms with Gasteiger partial charge in [-0.25, -0.2) is 0 Å². The van der Waals surface area contributed by atoms with E-state index >= 15 is 0 Å². The summed E-state index contributed by atoms with van der Waals surface area (Å²) < 4.78 is 0. The number of nitrogens with two attached hydrogens (primary N) is 1. The van der Waals surface area contributed by atoms with Crippen LogP contribution in [-0.4, -0.2) is 16.7 Å². The molecule has 0 amide bonds. The minimum Gasteiger partial charge on any atom is -0.388 e. The highest BCUT2D eigenvalue weighted by Gasteiger charge is 2.30. The first-order chi connectivity index (χ1) is 14.1. The van der Waals surface area contributed by atoms with Crippen molar-refractivity contribution < 1.29 is 5.11 Å². The van der Waals surface area contributed by atoms with E-state index in [4.69, 9.17) is 5.73 Å². The molecule has 0 aliphatic rings. The van der Waals surface area contributed by atoms with Gasteiger partial charge in [0, 0.05) is 6.04 Å². The largest absolute Gasteiger partial charge is 0.388 e. The monoisotopic (exact) mass is 411 g/mol. The van der Waals surface area contributed by atoms with Crippen LogP contribution in [0.2, 0.25) is 0 Å². The van der Waals surface area contributed by atoms with Crippen LogP contribution in [0.1, 0.15) is 162 Å². The third kappa shape index (κ3) is 18.4. The molecule has 176 valence electrons. The SMILES string of the molecule is CCCCCCCCCCCCC(O)(CCCCCCCCCCCC)C(C)N. The molecule has 1 unspecified atom stereocenters. The van der Waals surface area contributed by atoms with E-state index in [1.165, 1.54) is 116 Å². The number of hydrogen-bond acceptors (Lipinski definition) is 2. The van der Waals surface area contributed by atoms with Gasteiger partial charge < -0.3 is 10.8 Å². The van der Waals surface area contributed by atoms with Crippen LogP contribution in [0.25, 0.3) is 0 Å². The first-order valence-electron chi connectivity index (χ1n) is 13.5. The molecule has 0 fully saturated rings. The summed E-state index contributed by atoms with van der Waals surface area (Å²) in [7, 11) is 0. The molecule has 0 aromatic heterocycles. The third-order valence-electron chi connectivity index (χ3n) is 6.77. The molecular formula is C27H57NO. The minimum absolute atomic E-state index is 0.111. The van der Waals surface area contributed by atoms with Crippen molar-refractivity contribution in [1.82, 2.24) is 0 Å². The van der Waals surface area contributed by atoms with Gasteiger partial charge in [0.1, 0.15) is 0 Å². The van der Waals surface area contributed by atoms with Gasteiger partial charge in [-0.3, -0.25) is 0 Å². The Balaban J connectivity index is 3.64. The van der Waals surface area contributed by atoms with E-state index < -0.39 is 5.60 Å². The van der Waals surface area contributed by atoms with Gasteiger partial charge in [-0.05, 0) is 19.8 Å². The fourth-order valence-electron chi connectivity index (χ4n) is 4.42. The highest BCUT2D eigenvalue weighted by Crippen LogP contribution is 2.26. The molecular weight excluding hydrogens is 354 g/mol. The molecule has 0 saturated carbocycles. The van der Waals surface area contributed by atoms with Crippen molar-refractivity contribution in [2.45, 2.75) is 174 Å². The molecule has 0 aromatic carbocycles. The number of rotatable bonds is 23. The lowest BCUT2D eigenvalue weighted by Gasteiger charge is -2.32. The molecule has 1 atom stereocenters. The first kappa shape index (κ1) is 28.9. The zero-order chi connectivity index (χ0) is 21.6. The molecule has 0 bridgehead atoms. The van der Waals surface area contributed by atoms with Gasteiger partial charge in [0.25, 0.3) is 0 Å².